The van der Waals surface area contributed by atoms with Gasteiger partial charge < -0.3 is 9.84 Å². The zero-order valence-electron chi connectivity index (χ0n) is 10.8. The molecule has 0 aromatic heterocycles. The zero-order chi connectivity index (χ0) is 13.0. The molecular weight excluding hydrogens is 224 g/mol. The summed E-state index contributed by atoms with van der Waals surface area (Å²) in [5.41, 5.74) is 2.87. The minimum atomic E-state index is -0.645. The van der Waals surface area contributed by atoms with Crippen LogP contribution >= 0.6 is 0 Å². The van der Waals surface area contributed by atoms with Gasteiger partial charge in [0.15, 0.2) is 0 Å². The number of para-hydroxylation sites is 1. The molecule has 1 atom stereocenters. The molecular formula is C16H18O2. The Balaban J connectivity index is 2.33. The molecule has 0 bridgehead atoms. The van der Waals surface area contributed by atoms with E-state index in [-0.39, 0.29) is 0 Å². The first-order valence-corrected chi connectivity index (χ1v) is 6.18. The molecule has 18 heavy (non-hydrogen) atoms. The van der Waals surface area contributed by atoms with Crippen molar-refractivity contribution in [3.63, 3.8) is 0 Å². The molecule has 2 heteroatoms. The summed E-state index contributed by atoms with van der Waals surface area (Å²) in [5.74, 6) is 0.744. The molecule has 1 unspecified atom stereocenters. The molecule has 2 nitrogen and oxygen atoms in total. The van der Waals surface area contributed by atoms with E-state index in [0.29, 0.717) is 6.61 Å². The van der Waals surface area contributed by atoms with Gasteiger partial charge in [-0.2, -0.15) is 0 Å². The maximum absolute atomic E-state index is 10.4. The fourth-order valence-corrected chi connectivity index (χ4v) is 1.92. The van der Waals surface area contributed by atoms with Crippen molar-refractivity contribution >= 4 is 0 Å². The predicted octanol–water partition coefficient (Wildman–Crippen LogP) is 3.48. The number of aliphatic hydroxyl groups is 1. The normalized spacial score (nSPS) is 12.2. The Bertz CT molecular complexity index is 503. The van der Waals surface area contributed by atoms with Crippen LogP contribution in [0.15, 0.2) is 48.5 Å². The lowest BCUT2D eigenvalue weighted by Crippen LogP contribution is -2.03. The summed E-state index contributed by atoms with van der Waals surface area (Å²) < 4.78 is 5.54. The van der Waals surface area contributed by atoms with Crippen LogP contribution in [-0.4, -0.2) is 11.7 Å². The quantitative estimate of drug-likeness (QED) is 0.889. The van der Waals surface area contributed by atoms with Gasteiger partial charge in [-0.1, -0.05) is 48.0 Å². The second-order valence-electron chi connectivity index (χ2n) is 4.28. The molecule has 0 aliphatic rings. The first kappa shape index (κ1) is 12.7. The molecule has 0 saturated carbocycles. The van der Waals surface area contributed by atoms with Gasteiger partial charge in [0.05, 0.1) is 6.61 Å². The SMILES string of the molecule is CCOc1ccccc1C(O)c1ccc(C)cc1. The highest BCUT2D eigenvalue weighted by Gasteiger charge is 2.14. The van der Waals surface area contributed by atoms with Crippen LogP contribution in [0.3, 0.4) is 0 Å². The van der Waals surface area contributed by atoms with Crippen LogP contribution in [0.4, 0.5) is 0 Å². The largest absolute Gasteiger partial charge is 0.493 e. The Morgan fingerprint density at radius 3 is 2.39 bits per heavy atom. The van der Waals surface area contributed by atoms with Crippen LogP contribution in [0.1, 0.15) is 29.7 Å². The zero-order valence-corrected chi connectivity index (χ0v) is 10.8. The third kappa shape index (κ3) is 2.71. The van der Waals surface area contributed by atoms with Gasteiger partial charge in [-0.05, 0) is 25.5 Å². The minimum absolute atomic E-state index is 0.595. The summed E-state index contributed by atoms with van der Waals surface area (Å²) in [7, 11) is 0. The van der Waals surface area contributed by atoms with E-state index in [1.807, 2.05) is 62.4 Å². The van der Waals surface area contributed by atoms with Gasteiger partial charge in [0, 0.05) is 5.56 Å². The van der Waals surface area contributed by atoms with Crippen LogP contribution in [0, 0.1) is 6.92 Å². The van der Waals surface area contributed by atoms with E-state index in [4.69, 9.17) is 4.74 Å². The van der Waals surface area contributed by atoms with Gasteiger partial charge in [0.2, 0.25) is 0 Å². The second kappa shape index (κ2) is 5.69. The standard InChI is InChI=1S/C16H18O2/c1-3-18-15-7-5-4-6-14(15)16(17)13-10-8-12(2)9-11-13/h4-11,16-17H,3H2,1-2H3. The third-order valence-corrected chi connectivity index (χ3v) is 2.91. The Morgan fingerprint density at radius 2 is 1.72 bits per heavy atom. The van der Waals surface area contributed by atoms with Crippen LogP contribution in [0.5, 0.6) is 5.75 Å². The van der Waals surface area contributed by atoms with Crippen molar-refractivity contribution in [3.05, 3.63) is 65.2 Å². The van der Waals surface area contributed by atoms with Crippen LogP contribution in [-0.2, 0) is 0 Å². The molecule has 94 valence electrons. The third-order valence-electron chi connectivity index (χ3n) is 2.91. The summed E-state index contributed by atoms with van der Waals surface area (Å²) in [5, 5.41) is 10.4. The van der Waals surface area contributed by atoms with Crippen molar-refractivity contribution in [3.8, 4) is 5.75 Å². The first-order valence-electron chi connectivity index (χ1n) is 6.18. The average Bonchev–Trinajstić information content (AvgIpc) is 2.40. The Hall–Kier alpha value is -1.80. The lowest BCUT2D eigenvalue weighted by atomic mass is 10.00. The summed E-state index contributed by atoms with van der Waals surface area (Å²) in [6, 6.07) is 15.5. The molecule has 0 aliphatic carbocycles. The summed E-state index contributed by atoms with van der Waals surface area (Å²) in [6.07, 6.45) is -0.645. The average molecular weight is 242 g/mol. The van der Waals surface area contributed by atoms with Crippen molar-refractivity contribution in [2.45, 2.75) is 20.0 Å². The minimum Gasteiger partial charge on any atom is -0.493 e. The molecule has 2 aromatic carbocycles. The van der Waals surface area contributed by atoms with Crippen molar-refractivity contribution in [2.75, 3.05) is 6.61 Å². The molecule has 1 N–H and O–H groups in total. The second-order valence-corrected chi connectivity index (χ2v) is 4.28. The number of rotatable bonds is 4. The van der Waals surface area contributed by atoms with Gasteiger partial charge in [-0.25, -0.2) is 0 Å². The molecule has 0 amide bonds. The van der Waals surface area contributed by atoms with E-state index in [2.05, 4.69) is 0 Å². The molecule has 0 aliphatic heterocycles. The van der Waals surface area contributed by atoms with Crippen LogP contribution in [0.25, 0.3) is 0 Å². The highest BCUT2D eigenvalue weighted by Crippen LogP contribution is 2.29. The monoisotopic (exact) mass is 242 g/mol. The van der Waals surface area contributed by atoms with Gasteiger partial charge in [0.1, 0.15) is 11.9 Å². The van der Waals surface area contributed by atoms with E-state index in [1.54, 1.807) is 0 Å². The number of aryl methyl sites for hydroxylation is 1. The molecule has 0 radical (unpaired) electrons. The molecule has 2 aromatic rings. The van der Waals surface area contributed by atoms with Crippen molar-refractivity contribution in [1.82, 2.24) is 0 Å². The van der Waals surface area contributed by atoms with Gasteiger partial charge in [-0.3, -0.25) is 0 Å². The molecule has 0 saturated heterocycles. The number of benzene rings is 2. The number of aliphatic hydroxyl groups excluding tert-OH is 1. The number of hydrogen-bond donors (Lipinski definition) is 1. The number of ether oxygens (including phenoxy) is 1. The highest BCUT2D eigenvalue weighted by atomic mass is 16.5. The van der Waals surface area contributed by atoms with E-state index in [9.17, 15) is 5.11 Å². The van der Waals surface area contributed by atoms with Crippen molar-refractivity contribution in [2.24, 2.45) is 0 Å². The van der Waals surface area contributed by atoms with Crippen molar-refractivity contribution < 1.29 is 9.84 Å². The molecule has 0 heterocycles. The van der Waals surface area contributed by atoms with Gasteiger partial charge in [-0.15, -0.1) is 0 Å². The smallest absolute Gasteiger partial charge is 0.125 e. The maximum Gasteiger partial charge on any atom is 0.125 e. The summed E-state index contributed by atoms with van der Waals surface area (Å²) in [6.45, 7) is 4.57. The van der Waals surface area contributed by atoms with Gasteiger partial charge in [0.25, 0.3) is 0 Å². The Labute approximate surface area is 108 Å². The van der Waals surface area contributed by atoms with E-state index in [0.717, 1.165) is 16.9 Å². The summed E-state index contributed by atoms with van der Waals surface area (Å²) >= 11 is 0. The maximum atomic E-state index is 10.4. The molecule has 2 rings (SSSR count). The lowest BCUT2D eigenvalue weighted by Gasteiger charge is -2.16. The Morgan fingerprint density at radius 1 is 1.06 bits per heavy atom. The van der Waals surface area contributed by atoms with Crippen molar-refractivity contribution in [1.29, 1.82) is 0 Å². The number of hydrogen-bond acceptors (Lipinski definition) is 2. The fourth-order valence-electron chi connectivity index (χ4n) is 1.92. The summed E-state index contributed by atoms with van der Waals surface area (Å²) in [4.78, 5) is 0. The topological polar surface area (TPSA) is 29.5 Å². The lowest BCUT2D eigenvalue weighted by molar-refractivity contribution is 0.212. The molecule has 0 fully saturated rings. The van der Waals surface area contributed by atoms with E-state index >= 15 is 0 Å². The van der Waals surface area contributed by atoms with Crippen LogP contribution in [0.2, 0.25) is 0 Å². The predicted molar refractivity (Wildman–Crippen MR) is 72.9 cm³/mol. The highest BCUT2D eigenvalue weighted by molar-refractivity contribution is 5.40. The molecule has 0 spiro atoms. The van der Waals surface area contributed by atoms with Crippen LogP contribution < -0.4 is 4.74 Å². The van der Waals surface area contributed by atoms with E-state index < -0.39 is 6.10 Å². The fraction of sp³-hybridized carbons (Fsp3) is 0.250. The van der Waals surface area contributed by atoms with Gasteiger partial charge >= 0.3 is 0 Å². The Kier molecular flexibility index (Phi) is 4.00. The van der Waals surface area contributed by atoms with E-state index in [1.165, 1.54) is 5.56 Å². The first-order chi connectivity index (χ1) is 8.72.